The Morgan fingerprint density at radius 2 is 1.58 bits per heavy atom. The minimum atomic E-state index is -0.293. The molecule has 5 aliphatic rings. The van der Waals surface area contributed by atoms with Crippen LogP contribution in [0.2, 0.25) is 0 Å². The lowest BCUT2D eigenvalue weighted by Crippen LogP contribution is -2.55. The van der Waals surface area contributed by atoms with Crippen LogP contribution in [0.3, 0.4) is 0 Å². The molecule has 6 rings (SSSR count). The van der Waals surface area contributed by atoms with Gasteiger partial charge in [0, 0.05) is 18.9 Å². The molecule has 0 spiro atoms. The number of benzene rings is 1. The average Bonchev–Trinajstić information content (AvgIpc) is 3.18. The van der Waals surface area contributed by atoms with Gasteiger partial charge < -0.3 is 11.1 Å². The Morgan fingerprint density at radius 1 is 1.00 bits per heavy atom. The first-order valence-corrected chi connectivity index (χ1v) is 12.2. The third-order valence-electron chi connectivity index (χ3n) is 9.17. The molecule has 0 aliphatic heterocycles. The maximum atomic E-state index is 13.1. The molecule has 3 N–H and O–H groups in total. The molecule has 5 fully saturated rings. The summed E-state index contributed by atoms with van der Waals surface area (Å²) < 4.78 is 13.1. The lowest BCUT2D eigenvalue weighted by Gasteiger charge is -2.58. The topological polar surface area (TPSA) is 72.2 Å². The van der Waals surface area contributed by atoms with Crippen LogP contribution in [-0.4, -0.2) is 11.8 Å². The first kappa shape index (κ1) is 21.0. The number of amides is 2. The predicted molar refractivity (Wildman–Crippen MR) is 117 cm³/mol. The molecule has 0 heterocycles. The maximum absolute atomic E-state index is 13.1. The van der Waals surface area contributed by atoms with Gasteiger partial charge >= 0.3 is 0 Å². The number of nitrogens with one attached hydrogen (secondary N) is 1. The Kier molecular flexibility index (Phi) is 5.56. The Morgan fingerprint density at radius 3 is 2.13 bits per heavy atom. The average molecular weight is 427 g/mol. The van der Waals surface area contributed by atoms with Crippen molar-refractivity contribution in [3.8, 4) is 0 Å². The maximum Gasteiger partial charge on any atom is 0.221 e. The normalized spacial score (nSPS) is 33.9. The Balaban J connectivity index is 1.33. The largest absolute Gasteiger partial charge is 0.369 e. The standard InChI is InChI=1S/C26H35FN2O2/c27-21-5-3-16(4-6-21)15-29-22(30)14-26(7-1-2-8-26)24(25(28)31)23-19-10-17-9-18(12-19)13-20(23)11-17/h3-6,17-20,23-24H,1-2,7-15H2,(H2,28,31)(H,29,30). The first-order valence-electron chi connectivity index (χ1n) is 12.2. The molecule has 0 saturated heterocycles. The quantitative estimate of drug-likeness (QED) is 0.671. The van der Waals surface area contributed by atoms with Gasteiger partial charge in [-0.2, -0.15) is 0 Å². The summed E-state index contributed by atoms with van der Waals surface area (Å²) in [5.41, 5.74) is 6.72. The first-order chi connectivity index (χ1) is 14.9. The lowest BCUT2D eigenvalue weighted by molar-refractivity contribution is -0.145. The van der Waals surface area contributed by atoms with Gasteiger partial charge in [0.05, 0.1) is 0 Å². The van der Waals surface area contributed by atoms with Crippen molar-refractivity contribution in [1.29, 1.82) is 0 Å². The molecule has 4 bridgehead atoms. The zero-order chi connectivity index (χ0) is 21.6. The highest BCUT2D eigenvalue weighted by Crippen LogP contribution is 2.62. The van der Waals surface area contributed by atoms with Gasteiger partial charge in [0.25, 0.3) is 0 Å². The fraction of sp³-hybridized carbons (Fsp3) is 0.692. The van der Waals surface area contributed by atoms with Gasteiger partial charge in [0.2, 0.25) is 11.8 Å². The summed E-state index contributed by atoms with van der Waals surface area (Å²) in [4.78, 5) is 26.0. The van der Waals surface area contributed by atoms with Crippen molar-refractivity contribution in [2.24, 2.45) is 46.7 Å². The predicted octanol–water partition coefficient (Wildman–Crippen LogP) is 4.57. The van der Waals surface area contributed by atoms with Crippen molar-refractivity contribution >= 4 is 11.8 Å². The van der Waals surface area contributed by atoms with E-state index in [0.29, 0.717) is 30.7 Å². The Hall–Kier alpha value is -1.91. The second kappa shape index (κ2) is 8.22. The van der Waals surface area contributed by atoms with E-state index in [9.17, 15) is 14.0 Å². The molecular formula is C26H35FN2O2. The number of primary amides is 1. The Labute approximate surface area is 184 Å². The van der Waals surface area contributed by atoms with E-state index in [1.807, 2.05) is 0 Å². The van der Waals surface area contributed by atoms with Crippen molar-refractivity contribution in [3.63, 3.8) is 0 Å². The number of hydrogen-bond donors (Lipinski definition) is 2. The van der Waals surface area contributed by atoms with E-state index in [-0.39, 0.29) is 29.0 Å². The van der Waals surface area contributed by atoms with Gasteiger partial charge in [-0.25, -0.2) is 4.39 Å². The van der Waals surface area contributed by atoms with E-state index in [4.69, 9.17) is 5.73 Å². The molecule has 1 aromatic rings. The van der Waals surface area contributed by atoms with Gasteiger partial charge in [0.1, 0.15) is 5.82 Å². The summed E-state index contributed by atoms with van der Waals surface area (Å²) in [6.07, 6.45) is 10.8. The van der Waals surface area contributed by atoms with Gasteiger partial charge in [0.15, 0.2) is 0 Å². The molecule has 1 unspecified atom stereocenters. The molecule has 0 aromatic heterocycles. The van der Waals surface area contributed by atoms with Crippen LogP contribution in [0.4, 0.5) is 4.39 Å². The Bertz CT molecular complexity index is 802. The third-order valence-corrected chi connectivity index (χ3v) is 9.17. The molecule has 5 saturated carbocycles. The van der Waals surface area contributed by atoms with Crippen LogP contribution in [-0.2, 0) is 16.1 Å². The fourth-order valence-electron chi connectivity index (χ4n) is 8.27. The van der Waals surface area contributed by atoms with E-state index >= 15 is 0 Å². The molecule has 0 radical (unpaired) electrons. The lowest BCUT2D eigenvalue weighted by atomic mass is 9.46. The molecular weight excluding hydrogens is 391 g/mol. The minimum Gasteiger partial charge on any atom is -0.369 e. The van der Waals surface area contributed by atoms with Crippen LogP contribution in [0.1, 0.15) is 69.8 Å². The van der Waals surface area contributed by atoms with Crippen LogP contribution < -0.4 is 11.1 Å². The number of hydrogen-bond acceptors (Lipinski definition) is 2. The molecule has 4 nitrogen and oxygen atoms in total. The number of halogens is 1. The van der Waals surface area contributed by atoms with Crippen LogP contribution in [0.15, 0.2) is 24.3 Å². The molecule has 1 aromatic carbocycles. The van der Waals surface area contributed by atoms with Crippen molar-refractivity contribution in [3.05, 3.63) is 35.6 Å². The smallest absolute Gasteiger partial charge is 0.221 e. The van der Waals surface area contributed by atoms with Gasteiger partial charge in [-0.3, -0.25) is 9.59 Å². The highest BCUT2D eigenvalue weighted by molar-refractivity contribution is 5.81. The monoisotopic (exact) mass is 426 g/mol. The zero-order valence-corrected chi connectivity index (χ0v) is 18.3. The SMILES string of the molecule is NC(=O)C(C1C2CC3CC(C2)CC1C3)C1(CC(=O)NCc2ccc(F)cc2)CCCC1. The number of rotatable bonds is 7. The van der Waals surface area contributed by atoms with Crippen molar-refractivity contribution < 1.29 is 14.0 Å². The number of nitrogens with two attached hydrogens (primary N) is 1. The highest BCUT2D eigenvalue weighted by atomic mass is 19.1. The second-order valence-corrected chi connectivity index (χ2v) is 11.0. The minimum absolute atomic E-state index is 0.0127. The molecule has 5 aliphatic carbocycles. The summed E-state index contributed by atoms with van der Waals surface area (Å²) in [5, 5.41) is 3.02. The summed E-state index contributed by atoms with van der Waals surface area (Å²) in [5.74, 6) is 2.67. The van der Waals surface area contributed by atoms with Crippen LogP contribution in [0.5, 0.6) is 0 Å². The number of carbonyl (C=O) groups is 2. The van der Waals surface area contributed by atoms with E-state index in [1.165, 1.54) is 44.2 Å². The zero-order valence-electron chi connectivity index (χ0n) is 18.3. The summed E-state index contributed by atoms with van der Waals surface area (Å²) in [6, 6.07) is 6.22. The van der Waals surface area contributed by atoms with Crippen molar-refractivity contribution in [2.75, 3.05) is 0 Å². The van der Waals surface area contributed by atoms with E-state index in [0.717, 1.165) is 43.1 Å². The molecule has 1 atom stereocenters. The van der Waals surface area contributed by atoms with Crippen LogP contribution in [0.25, 0.3) is 0 Å². The molecule has 168 valence electrons. The summed E-state index contributed by atoms with van der Waals surface area (Å²) in [6.45, 7) is 0.383. The number of carbonyl (C=O) groups excluding carboxylic acids is 2. The van der Waals surface area contributed by atoms with Gasteiger partial charge in [-0.15, -0.1) is 0 Å². The highest BCUT2D eigenvalue weighted by Gasteiger charge is 2.57. The van der Waals surface area contributed by atoms with E-state index in [2.05, 4.69) is 5.32 Å². The summed E-state index contributed by atoms with van der Waals surface area (Å²) in [7, 11) is 0. The van der Waals surface area contributed by atoms with Crippen molar-refractivity contribution in [1.82, 2.24) is 5.32 Å². The van der Waals surface area contributed by atoms with Crippen molar-refractivity contribution in [2.45, 2.75) is 70.8 Å². The molecule has 2 amide bonds. The molecule has 31 heavy (non-hydrogen) atoms. The van der Waals surface area contributed by atoms with Gasteiger partial charge in [-0.05, 0) is 97.6 Å². The fourth-order valence-corrected chi connectivity index (χ4v) is 8.27. The van der Waals surface area contributed by atoms with Gasteiger partial charge in [-0.1, -0.05) is 25.0 Å². The van der Waals surface area contributed by atoms with E-state index < -0.39 is 0 Å². The third kappa shape index (κ3) is 4.01. The van der Waals surface area contributed by atoms with E-state index in [1.54, 1.807) is 12.1 Å². The van der Waals surface area contributed by atoms with Crippen LogP contribution in [0, 0.1) is 46.7 Å². The second-order valence-electron chi connectivity index (χ2n) is 11.0. The molecule has 5 heteroatoms. The summed E-state index contributed by atoms with van der Waals surface area (Å²) >= 11 is 0. The van der Waals surface area contributed by atoms with Crippen LogP contribution >= 0.6 is 0 Å².